The van der Waals surface area contributed by atoms with E-state index in [1.54, 1.807) is 18.2 Å². The molecule has 222 valence electrons. The molecule has 6 nitrogen and oxygen atoms in total. The highest BCUT2D eigenvalue weighted by Gasteiger charge is 2.42. The van der Waals surface area contributed by atoms with E-state index in [1.807, 2.05) is 18.2 Å². The molecule has 8 heteroatoms. The minimum Gasteiger partial charge on any atom is -0.361 e. The largest absolute Gasteiger partial charge is 0.361 e. The number of allylic oxidation sites excluding steroid dienone is 1. The van der Waals surface area contributed by atoms with Gasteiger partial charge in [0.2, 0.25) is 11.8 Å². The monoisotopic (exact) mass is 574 g/mol. The minimum atomic E-state index is -0.346. The van der Waals surface area contributed by atoms with Crippen molar-refractivity contribution in [3.8, 4) is 0 Å². The van der Waals surface area contributed by atoms with Crippen LogP contribution in [0.1, 0.15) is 75.5 Å². The molecule has 4 heterocycles. The Labute approximate surface area is 246 Å². The van der Waals surface area contributed by atoms with Gasteiger partial charge in [-0.3, -0.25) is 24.7 Å². The van der Waals surface area contributed by atoms with Gasteiger partial charge >= 0.3 is 0 Å². The maximum Gasteiger partial charge on any atom is 0.243 e. The van der Waals surface area contributed by atoms with Gasteiger partial charge in [-0.2, -0.15) is 0 Å². The number of anilines is 1. The molecular formula is C34H40F2N4O2. The van der Waals surface area contributed by atoms with E-state index in [4.69, 9.17) is 0 Å². The smallest absolute Gasteiger partial charge is 0.243 e. The van der Waals surface area contributed by atoms with E-state index >= 15 is 4.39 Å². The van der Waals surface area contributed by atoms with Gasteiger partial charge in [-0.05, 0) is 90.5 Å². The van der Waals surface area contributed by atoms with Gasteiger partial charge < -0.3 is 4.90 Å². The molecule has 0 saturated carbocycles. The molecule has 3 fully saturated rings. The van der Waals surface area contributed by atoms with E-state index in [2.05, 4.69) is 33.9 Å². The van der Waals surface area contributed by atoms with Crippen molar-refractivity contribution < 1.29 is 18.4 Å². The first kappa shape index (κ1) is 27.7. The number of hydrogen-bond acceptors (Lipinski definition) is 5. The summed E-state index contributed by atoms with van der Waals surface area (Å²) in [6, 6.07) is 10.9. The molecule has 1 aliphatic carbocycles. The third-order valence-electron chi connectivity index (χ3n) is 10.3. The summed E-state index contributed by atoms with van der Waals surface area (Å²) in [6.07, 6.45) is 6.16. The second kappa shape index (κ2) is 10.6. The third kappa shape index (κ3) is 5.17. The number of carbonyl (C=O) groups is 2. The van der Waals surface area contributed by atoms with E-state index in [0.717, 1.165) is 68.4 Å². The minimum absolute atomic E-state index is 0.181. The summed E-state index contributed by atoms with van der Waals surface area (Å²) in [4.78, 5) is 31.0. The molecule has 1 N–H and O–H groups in total. The van der Waals surface area contributed by atoms with E-state index < -0.39 is 0 Å². The summed E-state index contributed by atoms with van der Waals surface area (Å²) in [5.74, 6) is -0.842. The van der Waals surface area contributed by atoms with Crippen LogP contribution in [-0.4, -0.2) is 59.4 Å². The first-order valence-corrected chi connectivity index (χ1v) is 15.5. The molecule has 0 aromatic heterocycles. The van der Waals surface area contributed by atoms with Crippen LogP contribution in [0.5, 0.6) is 0 Å². The predicted octanol–water partition coefficient (Wildman–Crippen LogP) is 5.40. The van der Waals surface area contributed by atoms with Gasteiger partial charge in [-0.25, -0.2) is 8.78 Å². The number of benzene rings is 2. The van der Waals surface area contributed by atoms with Crippen LogP contribution >= 0.6 is 0 Å². The summed E-state index contributed by atoms with van der Waals surface area (Å²) in [5, 5.41) is 2.45. The molecule has 5 aliphatic rings. The molecule has 0 radical (unpaired) electrons. The lowest BCUT2D eigenvalue weighted by molar-refractivity contribution is -0.137. The number of piperazine rings is 1. The third-order valence-corrected chi connectivity index (χ3v) is 10.3. The van der Waals surface area contributed by atoms with Gasteiger partial charge in [-0.15, -0.1) is 0 Å². The Bertz CT molecular complexity index is 1440. The Morgan fingerprint density at radius 3 is 2.31 bits per heavy atom. The quantitative estimate of drug-likeness (QED) is 0.485. The Kier molecular flexibility index (Phi) is 6.97. The number of rotatable bonds is 5. The number of amides is 2. The molecule has 2 bridgehead atoms. The molecule has 2 amide bonds. The zero-order valence-corrected chi connectivity index (χ0v) is 24.6. The zero-order valence-electron chi connectivity index (χ0n) is 24.6. The lowest BCUT2D eigenvalue weighted by Gasteiger charge is -2.44. The number of nitrogens with one attached hydrogen (secondary N) is 1. The molecule has 4 aliphatic heterocycles. The summed E-state index contributed by atoms with van der Waals surface area (Å²) in [5.41, 5.74) is 6.90. The normalized spacial score (nSPS) is 27.9. The zero-order chi connectivity index (χ0) is 29.2. The van der Waals surface area contributed by atoms with Crippen molar-refractivity contribution in [2.24, 2.45) is 5.41 Å². The van der Waals surface area contributed by atoms with Crippen LogP contribution in [0.15, 0.2) is 42.0 Å². The van der Waals surface area contributed by atoms with Gasteiger partial charge in [0, 0.05) is 51.2 Å². The van der Waals surface area contributed by atoms with E-state index in [1.165, 1.54) is 11.1 Å². The number of imide groups is 1. The standard InChI is InChI=1S/C34H40F2N4O2/c1-34(2)12-11-22(28(15-34)21-3-5-25(35)6-4-21)16-38-19-26-7-8-27(20-38)40(26)31-14-24-18-39(17-23(24)13-29(31)36)30-9-10-32(41)37-33(30)42/h3-6,13-14,26-27,30H,7-12,15-20H2,1-2H3,(H,37,41,42). The highest BCUT2D eigenvalue weighted by Crippen LogP contribution is 2.44. The van der Waals surface area contributed by atoms with Crippen LogP contribution in [0.2, 0.25) is 0 Å². The number of carbonyl (C=O) groups excluding carboxylic acids is 2. The Hall–Kier alpha value is -3.10. The molecule has 2 aromatic rings. The van der Waals surface area contributed by atoms with Crippen molar-refractivity contribution in [2.75, 3.05) is 24.5 Å². The van der Waals surface area contributed by atoms with E-state index in [0.29, 0.717) is 31.6 Å². The van der Waals surface area contributed by atoms with Crippen molar-refractivity contribution in [2.45, 2.75) is 90.0 Å². The Balaban J connectivity index is 1.08. The van der Waals surface area contributed by atoms with Gasteiger partial charge in [0.15, 0.2) is 0 Å². The molecule has 0 spiro atoms. The topological polar surface area (TPSA) is 55.9 Å². The average Bonchev–Trinajstić information content (AvgIpc) is 3.46. The lowest BCUT2D eigenvalue weighted by atomic mass is 9.72. The fourth-order valence-electron chi connectivity index (χ4n) is 8.13. The Morgan fingerprint density at radius 2 is 1.62 bits per heavy atom. The SMILES string of the molecule is CC1(C)CCC(CN2CC3CCC(C2)N3c2cc3c(cc2F)CN(C2CCC(=O)NC2=O)C3)=C(c2ccc(F)cc2)C1. The average molecular weight is 575 g/mol. The highest BCUT2D eigenvalue weighted by atomic mass is 19.1. The van der Waals surface area contributed by atoms with Crippen LogP contribution in [-0.2, 0) is 22.7 Å². The fraction of sp³-hybridized carbons (Fsp3) is 0.529. The number of likely N-dealkylation sites (tertiary alicyclic amines) is 1. The van der Waals surface area contributed by atoms with Crippen molar-refractivity contribution >= 4 is 23.1 Å². The van der Waals surface area contributed by atoms with E-state index in [9.17, 15) is 14.0 Å². The van der Waals surface area contributed by atoms with Gasteiger partial charge in [0.05, 0.1) is 11.7 Å². The Morgan fingerprint density at radius 1 is 0.929 bits per heavy atom. The fourth-order valence-corrected chi connectivity index (χ4v) is 8.13. The molecule has 3 unspecified atom stereocenters. The second-order valence-electron chi connectivity index (χ2n) is 13.9. The number of piperidine rings is 1. The number of halogens is 2. The lowest BCUT2D eigenvalue weighted by Crippen LogP contribution is -2.54. The van der Waals surface area contributed by atoms with Crippen molar-refractivity contribution in [1.82, 2.24) is 15.1 Å². The van der Waals surface area contributed by atoms with Gasteiger partial charge in [-0.1, -0.05) is 31.6 Å². The number of nitrogens with zero attached hydrogens (tertiary/aromatic N) is 3. The molecule has 3 atom stereocenters. The summed E-state index contributed by atoms with van der Waals surface area (Å²) in [7, 11) is 0. The molecule has 2 aromatic carbocycles. The first-order chi connectivity index (χ1) is 20.1. The maximum atomic E-state index is 15.7. The van der Waals surface area contributed by atoms with Crippen molar-refractivity contribution in [3.63, 3.8) is 0 Å². The van der Waals surface area contributed by atoms with Gasteiger partial charge in [0.1, 0.15) is 11.6 Å². The molecule has 42 heavy (non-hydrogen) atoms. The van der Waals surface area contributed by atoms with E-state index in [-0.39, 0.29) is 47.0 Å². The molecular weight excluding hydrogens is 534 g/mol. The number of hydrogen-bond donors (Lipinski definition) is 1. The maximum absolute atomic E-state index is 15.7. The molecule has 7 rings (SSSR count). The van der Waals surface area contributed by atoms with Crippen LogP contribution in [0, 0.1) is 17.0 Å². The second-order valence-corrected chi connectivity index (χ2v) is 13.9. The summed E-state index contributed by atoms with van der Waals surface area (Å²) in [6.45, 7) is 8.49. The van der Waals surface area contributed by atoms with Crippen LogP contribution in [0.3, 0.4) is 0 Å². The summed E-state index contributed by atoms with van der Waals surface area (Å²) < 4.78 is 29.4. The number of fused-ring (bicyclic) bond motifs is 3. The van der Waals surface area contributed by atoms with Crippen LogP contribution in [0.25, 0.3) is 5.57 Å². The first-order valence-electron chi connectivity index (χ1n) is 15.5. The van der Waals surface area contributed by atoms with Crippen molar-refractivity contribution in [3.05, 3.63) is 70.3 Å². The van der Waals surface area contributed by atoms with Gasteiger partial charge in [0.25, 0.3) is 0 Å². The molecule has 3 saturated heterocycles. The predicted molar refractivity (Wildman–Crippen MR) is 158 cm³/mol. The van der Waals surface area contributed by atoms with Crippen LogP contribution < -0.4 is 10.2 Å². The van der Waals surface area contributed by atoms with Crippen molar-refractivity contribution in [1.29, 1.82) is 0 Å². The van der Waals surface area contributed by atoms with Crippen LogP contribution in [0.4, 0.5) is 14.5 Å². The highest BCUT2D eigenvalue weighted by molar-refractivity contribution is 6.00. The summed E-state index contributed by atoms with van der Waals surface area (Å²) >= 11 is 0.